The highest BCUT2D eigenvalue weighted by atomic mass is 79.9. The molecule has 0 bridgehead atoms. The van der Waals surface area contributed by atoms with Gasteiger partial charge in [-0.25, -0.2) is 0 Å². The van der Waals surface area contributed by atoms with Crippen molar-refractivity contribution in [2.75, 3.05) is 19.8 Å². The monoisotopic (exact) mass is 416 g/mol. The second kappa shape index (κ2) is 9.50. The first kappa shape index (κ1) is 18.6. The lowest BCUT2D eigenvalue weighted by Crippen LogP contribution is -2.35. The van der Waals surface area contributed by atoms with E-state index >= 15 is 0 Å². The van der Waals surface area contributed by atoms with Crippen LogP contribution in [-0.2, 0) is 9.53 Å². The van der Waals surface area contributed by atoms with E-state index in [-0.39, 0.29) is 18.6 Å². The highest BCUT2D eigenvalue weighted by Gasteiger charge is 2.16. The van der Waals surface area contributed by atoms with Crippen molar-refractivity contribution in [3.63, 3.8) is 0 Å². The maximum absolute atomic E-state index is 11.8. The highest BCUT2D eigenvalue weighted by molar-refractivity contribution is 9.10. The number of nitrogens with zero attached hydrogens (tertiary/aromatic N) is 1. The van der Waals surface area contributed by atoms with Gasteiger partial charge in [0, 0.05) is 23.8 Å². The van der Waals surface area contributed by atoms with Gasteiger partial charge in [0.25, 0.3) is 5.91 Å². The summed E-state index contributed by atoms with van der Waals surface area (Å²) in [6.45, 7) is 1.33. The van der Waals surface area contributed by atoms with E-state index in [9.17, 15) is 4.79 Å². The van der Waals surface area contributed by atoms with Crippen molar-refractivity contribution in [1.82, 2.24) is 5.32 Å². The van der Waals surface area contributed by atoms with E-state index < -0.39 is 0 Å². The predicted molar refractivity (Wildman–Crippen MR) is 105 cm³/mol. The Morgan fingerprint density at radius 3 is 2.88 bits per heavy atom. The standard InChI is InChI=1S/C20H21BrN2O3/c21-16-3-1-4-17(11-16)22-12-15-6-8-18(9-7-15)26-14-20(24)23-13-19-5-2-10-25-19/h1,3-4,6-9,11-12,19H,2,5,10,13-14H2,(H,23,24)/t19-/m0/s1. The third-order valence-corrected chi connectivity index (χ3v) is 4.47. The minimum Gasteiger partial charge on any atom is -0.484 e. The number of rotatable bonds is 7. The second-order valence-corrected chi connectivity index (χ2v) is 6.95. The molecule has 0 radical (unpaired) electrons. The van der Waals surface area contributed by atoms with Gasteiger partial charge in [0.2, 0.25) is 0 Å². The molecule has 3 rings (SSSR count). The summed E-state index contributed by atoms with van der Waals surface area (Å²) in [5, 5.41) is 2.84. The van der Waals surface area contributed by atoms with Crippen molar-refractivity contribution in [3.8, 4) is 5.75 Å². The van der Waals surface area contributed by atoms with Gasteiger partial charge in [0.15, 0.2) is 6.61 Å². The summed E-state index contributed by atoms with van der Waals surface area (Å²) in [6.07, 6.45) is 4.00. The smallest absolute Gasteiger partial charge is 0.258 e. The van der Waals surface area contributed by atoms with Crippen molar-refractivity contribution in [1.29, 1.82) is 0 Å². The van der Waals surface area contributed by atoms with Crippen molar-refractivity contribution >= 4 is 33.7 Å². The van der Waals surface area contributed by atoms with Gasteiger partial charge in [-0.05, 0) is 60.9 Å². The van der Waals surface area contributed by atoms with E-state index in [0.29, 0.717) is 12.3 Å². The van der Waals surface area contributed by atoms with E-state index in [1.165, 1.54) is 0 Å². The molecule has 0 saturated carbocycles. The molecule has 0 unspecified atom stereocenters. The number of hydrogen-bond acceptors (Lipinski definition) is 4. The van der Waals surface area contributed by atoms with Gasteiger partial charge in [-0.3, -0.25) is 9.79 Å². The first-order valence-corrected chi connectivity index (χ1v) is 9.39. The van der Waals surface area contributed by atoms with Crippen molar-refractivity contribution in [3.05, 3.63) is 58.6 Å². The Balaban J connectivity index is 1.44. The lowest BCUT2D eigenvalue weighted by molar-refractivity contribution is -0.123. The van der Waals surface area contributed by atoms with Gasteiger partial charge in [-0.1, -0.05) is 22.0 Å². The van der Waals surface area contributed by atoms with E-state index in [0.717, 1.165) is 35.2 Å². The summed E-state index contributed by atoms with van der Waals surface area (Å²) in [6, 6.07) is 15.3. The number of halogens is 1. The Kier molecular flexibility index (Phi) is 6.80. The second-order valence-electron chi connectivity index (χ2n) is 6.03. The Labute approximate surface area is 161 Å². The highest BCUT2D eigenvalue weighted by Crippen LogP contribution is 2.18. The molecule has 1 atom stereocenters. The lowest BCUT2D eigenvalue weighted by atomic mass is 10.2. The fourth-order valence-electron chi connectivity index (χ4n) is 2.59. The summed E-state index contributed by atoms with van der Waals surface area (Å²) >= 11 is 3.43. The van der Waals surface area contributed by atoms with Crippen LogP contribution in [0.4, 0.5) is 5.69 Å². The summed E-state index contributed by atoms with van der Waals surface area (Å²) in [5.74, 6) is 0.512. The lowest BCUT2D eigenvalue weighted by Gasteiger charge is -2.11. The summed E-state index contributed by atoms with van der Waals surface area (Å²) in [5.41, 5.74) is 1.84. The molecule has 1 saturated heterocycles. The summed E-state index contributed by atoms with van der Waals surface area (Å²) in [4.78, 5) is 16.2. The van der Waals surface area contributed by atoms with Crippen LogP contribution in [0.25, 0.3) is 0 Å². The van der Waals surface area contributed by atoms with Crippen LogP contribution in [0.2, 0.25) is 0 Å². The molecular formula is C20H21BrN2O3. The third kappa shape index (κ3) is 5.97. The Hall–Kier alpha value is -2.18. The summed E-state index contributed by atoms with van der Waals surface area (Å²) < 4.78 is 12.0. The number of carbonyl (C=O) groups excluding carboxylic acids is 1. The van der Waals surface area contributed by atoms with E-state index in [4.69, 9.17) is 9.47 Å². The zero-order valence-corrected chi connectivity index (χ0v) is 15.9. The van der Waals surface area contributed by atoms with Crippen LogP contribution in [0.15, 0.2) is 58.0 Å². The number of aliphatic imine (C=N–C) groups is 1. The zero-order valence-electron chi connectivity index (χ0n) is 14.4. The van der Waals surface area contributed by atoms with Crippen LogP contribution in [0.5, 0.6) is 5.75 Å². The average Bonchev–Trinajstić information content (AvgIpc) is 3.17. The van der Waals surface area contributed by atoms with Crippen LogP contribution >= 0.6 is 15.9 Å². The molecule has 6 heteroatoms. The zero-order chi connectivity index (χ0) is 18.2. The molecule has 1 fully saturated rings. The molecule has 1 aliphatic rings. The van der Waals surface area contributed by atoms with Gasteiger partial charge < -0.3 is 14.8 Å². The third-order valence-electron chi connectivity index (χ3n) is 3.97. The Bertz CT molecular complexity index is 756. The molecule has 1 heterocycles. The van der Waals surface area contributed by atoms with Gasteiger partial charge in [-0.2, -0.15) is 0 Å². The Morgan fingerprint density at radius 1 is 1.31 bits per heavy atom. The first-order valence-electron chi connectivity index (χ1n) is 8.60. The average molecular weight is 417 g/mol. The number of ether oxygens (including phenoxy) is 2. The molecule has 0 spiro atoms. The van der Waals surface area contributed by atoms with Gasteiger partial charge in [0.05, 0.1) is 11.8 Å². The first-order chi connectivity index (χ1) is 12.7. The van der Waals surface area contributed by atoms with E-state index in [1.807, 2.05) is 48.5 Å². The topological polar surface area (TPSA) is 59.9 Å². The van der Waals surface area contributed by atoms with Crippen molar-refractivity contribution in [2.24, 2.45) is 4.99 Å². The van der Waals surface area contributed by atoms with Gasteiger partial charge in [0.1, 0.15) is 5.75 Å². The molecule has 0 aromatic heterocycles. The molecule has 26 heavy (non-hydrogen) atoms. The van der Waals surface area contributed by atoms with Crippen LogP contribution in [0.3, 0.4) is 0 Å². The molecule has 1 aliphatic heterocycles. The minimum absolute atomic E-state index is 0.00179. The molecule has 1 amide bonds. The van der Waals surface area contributed by atoms with Crippen LogP contribution in [0.1, 0.15) is 18.4 Å². The number of nitrogens with one attached hydrogen (secondary N) is 1. The molecular weight excluding hydrogens is 396 g/mol. The summed E-state index contributed by atoms with van der Waals surface area (Å²) in [7, 11) is 0. The molecule has 2 aromatic rings. The fourth-order valence-corrected chi connectivity index (χ4v) is 2.98. The quantitative estimate of drug-likeness (QED) is 0.696. The largest absolute Gasteiger partial charge is 0.484 e. The molecule has 1 N–H and O–H groups in total. The Morgan fingerprint density at radius 2 is 2.15 bits per heavy atom. The maximum atomic E-state index is 11.8. The normalized spacial score (nSPS) is 16.7. The molecule has 2 aromatic carbocycles. The predicted octanol–water partition coefficient (Wildman–Crippen LogP) is 3.87. The van der Waals surface area contributed by atoms with Gasteiger partial charge >= 0.3 is 0 Å². The fraction of sp³-hybridized carbons (Fsp3) is 0.300. The van der Waals surface area contributed by atoms with Crippen LogP contribution in [-0.4, -0.2) is 38.0 Å². The van der Waals surface area contributed by atoms with Gasteiger partial charge in [-0.15, -0.1) is 0 Å². The van der Waals surface area contributed by atoms with Crippen LogP contribution < -0.4 is 10.1 Å². The van der Waals surface area contributed by atoms with E-state index in [1.54, 1.807) is 6.21 Å². The minimum atomic E-state index is -0.138. The van der Waals surface area contributed by atoms with Crippen molar-refractivity contribution < 1.29 is 14.3 Å². The maximum Gasteiger partial charge on any atom is 0.258 e. The van der Waals surface area contributed by atoms with Crippen molar-refractivity contribution in [2.45, 2.75) is 18.9 Å². The molecule has 136 valence electrons. The number of benzene rings is 2. The number of carbonyl (C=O) groups is 1. The molecule has 5 nitrogen and oxygen atoms in total. The number of hydrogen-bond donors (Lipinski definition) is 1. The number of amides is 1. The van der Waals surface area contributed by atoms with Crippen LogP contribution in [0, 0.1) is 0 Å². The SMILES string of the molecule is O=C(COc1ccc(C=Nc2cccc(Br)c2)cc1)NC[C@@H]1CCCO1. The van der Waals surface area contributed by atoms with E-state index in [2.05, 4.69) is 26.2 Å². The molecule has 0 aliphatic carbocycles.